The van der Waals surface area contributed by atoms with Gasteiger partial charge in [-0.25, -0.2) is 0 Å². The molecule has 58 heavy (non-hydrogen) atoms. The molecule has 1 nitrogen and oxygen atoms in total. The van der Waals surface area contributed by atoms with Crippen molar-refractivity contribution in [1.82, 2.24) is 0 Å². The van der Waals surface area contributed by atoms with Crippen molar-refractivity contribution in [2.75, 3.05) is 0 Å². The van der Waals surface area contributed by atoms with Gasteiger partial charge in [-0.15, -0.1) is 0 Å². The Balaban J connectivity index is 1.20. The van der Waals surface area contributed by atoms with Crippen LogP contribution in [-0.4, -0.2) is 5.11 Å². The highest BCUT2D eigenvalue weighted by Crippen LogP contribution is 2.76. The Kier molecular flexibility index (Phi) is 5.83. The van der Waals surface area contributed by atoms with Gasteiger partial charge >= 0.3 is 0 Å². The smallest absolute Gasteiger partial charge is 0.106 e. The van der Waals surface area contributed by atoms with Gasteiger partial charge in [-0.3, -0.25) is 0 Å². The first-order valence-electron chi connectivity index (χ1n) is 20.1. The van der Waals surface area contributed by atoms with Crippen LogP contribution in [0.4, 0.5) is 0 Å². The third kappa shape index (κ3) is 3.41. The molecule has 1 spiro atoms. The summed E-state index contributed by atoms with van der Waals surface area (Å²) in [5.74, 6) is 0. The first-order valence-corrected chi connectivity index (χ1v) is 20.5. The van der Waals surface area contributed by atoms with Gasteiger partial charge in [0.1, 0.15) is 6.10 Å². The highest BCUT2D eigenvalue weighted by atomic mass is 35.5. The molecule has 2 heteroatoms. The zero-order chi connectivity index (χ0) is 38.0. The quantitative estimate of drug-likeness (QED) is 0.186. The molecule has 0 fully saturated rings. The third-order valence-corrected chi connectivity index (χ3v) is 14.3. The van der Waals surface area contributed by atoms with Crippen LogP contribution >= 0.6 is 11.6 Å². The van der Waals surface area contributed by atoms with Crippen LogP contribution in [0.5, 0.6) is 0 Å². The van der Waals surface area contributed by atoms with Crippen LogP contribution in [0.1, 0.15) is 45.0 Å². The lowest BCUT2D eigenvalue weighted by molar-refractivity contribution is 0.226. The number of aliphatic hydroxyl groups is 1. The van der Waals surface area contributed by atoms with Crippen molar-refractivity contribution in [3.63, 3.8) is 0 Å². The van der Waals surface area contributed by atoms with Gasteiger partial charge < -0.3 is 5.11 Å². The molecule has 5 aliphatic rings. The summed E-state index contributed by atoms with van der Waals surface area (Å²) in [6.07, 6.45) is -0.763. The summed E-state index contributed by atoms with van der Waals surface area (Å²) in [6.45, 7) is 0. The lowest BCUT2D eigenvalue weighted by Gasteiger charge is -2.47. The zero-order valence-corrected chi connectivity index (χ0v) is 31.9. The van der Waals surface area contributed by atoms with Crippen LogP contribution in [-0.2, 0) is 5.41 Å². The van der Waals surface area contributed by atoms with E-state index in [9.17, 15) is 5.11 Å². The van der Waals surface area contributed by atoms with Crippen molar-refractivity contribution in [1.29, 1.82) is 0 Å². The van der Waals surface area contributed by atoms with Gasteiger partial charge in [0.05, 0.1) is 10.4 Å². The summed E-state index contributed by atoms with van der Waals surface area (Å²) in [4.78, 5) is 0. The molecule has 2 unspecified atom stereocenters. The molecule has 0 saturated heterocycles. The topological polar surface area (TPSA) is 20.2 Å². The van der Waals surface area contributed by atoms with E-state index in [1.807, 2.05) is 0 Å². The largest absolute Gasteiger partial charge is 0.384 e. The Morgan fingerprint density at radius 2 is 1.02 bits per heavy atom. The Labute approximate surface area is 340 Å². The Morgan fingerprint density at radius 3 is 1.81 bits per heavy atom. The third-order valence-electron chi connectivity index (χ3n) is 13.9. The maximum absolute atomic E-state index is 12.6. The van der Waals surface area contributed by atoms with E-state index in [4.69, 9.17) is 11.6 Å². The molecule has 5 aliphatic carbocycles. The van der Waals surface area contributed by atoms with Gasteiger partial charge in [-0.05, 0) is 122 Å². The number of allylic oxidation sites excluding steroid dienone is 3. The number of hydrogen-bond donors (Lipinski definition) is 1. The number of aliphatic hydroxyl groups excluding tert-OH is 1. The number of hydrogen-bond acceptors (Lipinski definition) is 1. The van der Waals surface area contributed by atoms with Crippen molar-refractivity contribution in [2.24, 2.45) is 0 Å². The van der Waals surface area contributed by atoms with Crippen LogP contribution in [0.3, 0.4) is 0 Å². The highest BCUT2D eigenvalue weighted by molar-refractivity contribution is 6.54. The normalized spacial score (nSPS) is 18.3. The number of halogens is 1. The molecule has 1 N–H and O–H groups in total. The van der Waals surface area contributed by atoms with E-state index in [1.165, 1.54) is 93.9 Å². The molecule has 9 aromatic rings. The average molecular weight is 755 g/mol. The molecule has 0 radical (unpaired) electrons. The van der Waals surface area contributed by atoms with Crippen molar-refractivity contribution in [3.8, 4) is 55.6 Å². The minimum Gasteiger partial charge on any atom is -0.384 e. The highest BCUT2D eigenvalue weighted by Gasteiger charge is 2.62. The molecule has 0 aromatic heterocycles. The summed E-state index contributed by atoms with van der Waals surface area (Å²) < 4.78 is 0. The molecule has 0 aliphatic heterocycles. The van der Waals surface area contributed by atoms with Crippen LogP contribution in [0.15, 0.2) is 181 Å². The standard InChI is InChI=1S/C56H31ClO/c57-54-36-24-11-8-21-33(36)48-51(31-18-5-2-6-19-31)56(53(48)54)41-29-14-13-26-38(41)47-46-40-28-15-27-39-42(30-16-3-1-4-17-30)44-34-22-9-12-25-37(34)55(58)50(44)49(43(39)40)45(46)32-20-7-10-23-35(32)52(47)56/h1-29,55,58H. The molecule has 0 amide bonds. The maximum Gasteiger partial charge on any atom is 0.106 e. The predicted octanol–water partition coefficient (Wildman–Crippen LogP) is 14.2. The Bertz CT molecular complexity index is 3460. The van der Waals surface area contributed by atoms with E-state index in [0.29, 0.717) is 0 Å². The fourth-order valence-corrected chi connectivity index (χ4v) is 12.4. The SMILES string of the molecule is OC1c2ccccc2-c2c1c1c3c(cccc3c2-c2ccccc2)-c2c3c(c4ccccc4c2-1)C1(C2=C(Cl)c4ccccc4C2=C1c1ccccc1)c1ccccc1-3. The Morgan fingerprint density at radius 1 is 0.414 bits per heavy atom. The first-order chi connectivity index (χ1) is 28.7. The molecule has 0 bridgehead atoms. The second-order valence-electron chi connectivity index (χ2n) is 16.3. The van der Waals surface area contributed by atoms with E-state index >= 15 is 0 Å². The summed E-state index contributed by atoms with van der Waals surface area (Å²) in [6, 6.07) is 63.9. The second-order valence-corrected chi connectivity index (χ2v) is 16.7. The van der Waals surface area contributed by atoms with Gasteiger partial charge in [0.2, 0.25) is 0 Å². The van der Waals surface area contributed by atoms with Gasteiger partial charge in [-0.1, -0.05) is 188 Å². The number of benzene rings is 9. The van der Waals surface area contributed by atoms with Crippen molar-refractivity contribution in [3.05, 3.63) is 220 Å². The summed E-state index contributed by atoms with van der Waals surface area (Å²) >= 11 is 7.72. The van der Waals surface area contributed by atoms with E-state index in [1.54, 1.807) is 0 Å². The number of fused-ring (bicyclic) bond motifs is 20. The van der Waals surface area contributed by atoms with Crippen molar-refractivity contribution in [2.45, 2.75) is 11.5 Å². The van der Waals surface area contributed by atoms with E-state index in [-0.39, 0.29) is 0 Å². The zero-order valence-electron chi connectivity index (χ0n) is 31.1. The molecule has 2 atom stereocenters. The molecule has 0 heterocycles. The van der Waals surface area contributed by atoms with Crippen LogP contribution < -0.4 is 0 Å². The molecule has 0 saturated carbocycles. The number of rotatable bonds is 2. The lowest BCUT2D eigenvalue weighted by Crippen LogP contribution is -2.38. The second kappa shape index (κ2) is 10.8. The van der Waals surface area contributed by atoms with Crippen molar-refractivity contribution < 1.29 is 5.11 Å². The van der Waals surface area contributed by atoms with Gasteiger partial charge in [0.25, 0.3) is 0 Å². The molecular weight excluding hydrogens is 724 g/mol. The van der Waals surface area contributed by atoms with E-state index in [0.717, 1.165) is 44.0 Å². The van der Waals surface area contributed by atoms with Gasteiger partial charge in [0.15, 0.2) is 0 Å². The van der Waals surface area contributed by atoms with Gasteiger partial charge in [-0.2, -0.15) is 0 Å². The lowest BCUT2D eigenvalue weighted by atomic mass is 9.53. The molecule has 9 aromatic carbocycles. The van der Waals surface area contributed by atoms with E-state index in [2.05, 4.69) is 176 Å². The average Bonchev–Trinajstić information content (AvgIpc) is 3.96. The van der Waals surface area contributed by atoms with E-state index < -0.39 is 11.5 Å². The van der Waals surface area contributed by atoms with Crippen LogP contribution in [0, 0.1) is 0 Å². The minimum absolute atomic E-state index is 0.608. The van der Waals surface area contributed by atoms with Crippen molar-refractivity contribution >= 4 is 49.3 Å². The maximum atomic E-state index is 12.6. The van der Waals surface area contributed by atoms with Crippen LogP contribution in [0.2, 0.25) is 0 Å². The predicted molar refractivity (Wildman–Crippen MR) is 240 cm³/mol. The van der Waals surface area contributed by atoms with Crippen LogP contribution in [0.25, 0.3) is 93.4 Å². The fourth-order valence-electron chi connectivity index (χ4n) is 12.0. The monoisotopic (exact) mass is 754 g/mol. The summed E-state index contributed by atoms with van der Waals surface area (Å²) in [5.41, 5.74) is 23.2. The summed E-state index contributed by atoms with van der Waals surface area (Å²) in [7, 11) is 0. The minimum atomic E-state index is -0.763. The molecule has 14 rings (SSSR count). The summed E-state index contributed by atoms with van der Waals surface area (Å²) in [5, 5.41) is 18.3. The molecule has 268 valence electrons. The fraction of sp³-hybridized carbons (Fsp3) is 0.0357. The Hall–Kier alpha value is -6.77. The molecular formula is C56H31ClO. The first kappa shape index (κ1) is 31.3. The van der Waals surface area contributed by atoms with Gasteiger partial charge in [0, 0.05) is 11.1 Å².